The van der Waals surface area contributed by atoms with Crippen LogP contribution in [0.5, 0.6) is 0 Å². The summed E-state index contributed by atoms with van der Waals surface area (Å²) in [6.45, 7) is 1.63. The fourth-order valence-electron chi connectivity index (χ4n) is 5.27. The molecule has 1 saturated carbocycles. The van der Waals surface area contributed by atoms with E-state index in [0.29, 0.717) is 11.8 Å². The third-order valence-corrected chi connectivity index (χ3v) is 7.01. The van der Waals surface area contributed by atoms with E-state index < -0.39 is 0 Å². The van der Waals surface area contributed by atoms with Gasteiger partial charge in [-0.25, -0.2) is 0 Å². The standard InChI is InChI=1S/C24H24ClN5O/c1-29-13-17-12-18(25)10-11-20(17)30-22(14-29)26-27-24(30)16-8-6-15(7-9-16)23-19-4-2-3-5-21(19)31-28-23/h2-5,10-12,15-16H,6-9,13-14H2,1H3. The molecular weight excluding hydrogens is 410 g/mol. The maximum absolute atomic E-state index is 6.30. The molecule has 2 aliphatic rings. The lowest BCUT2D eigenvalue weighted by Gasteiger charge is -2.27. The van der Waals surface area contributed by atoms with Crippen molar-refractivity contribution in [1.82, 2.24) is 24.8 Å². The molecule has 2 aromatic heterocycles. The summed E-state index contributed by atoms with van der Waals surface area (Å²) in [5, 5.41) is 15.6. The highest BCUT2D eigenvalue weighted by molar-refractivity contribution is 6.30. The number of hydrogen-bond donors (Lipinski definition) is 0. The number of benzene rings is 2. The van der Waals surface area contributed by atoms with E-state index in [-0.39, 0.29) is 0 Å². The van der Waals surface area contributed by atoms with Crippen LogP contribution in [-0.2, 0) is 13.1 Å². The van der Waals surface area contributed by atoms with Crippen LogP contribution in [0.15, 0.2) is 47.0 Å². The number of aromatic nitrogens is 4. The number of para-hydroxylation sites is 1. The van der Waals surface area contributed by atoms with Gasteiger partial charge in [0, 0.05) is 28.8 Å². The highest BCUT2D eigenvalue weighted by atomic mass is 35.5. The molecule has 31 heavy (non-hydrogen) atoms. The Morgan fingerprint density at radius 3 is 2.65 bits per heavy atom. The van der Waals surface area contributed by atoms with E-state index in [2.05, 4.69) is 56.1 Å². The Bertz CT molecular complexity index is 1250. The first kappa shape index (κ1) is 19.0. The van der Waals surface area contributed by atoms with Gasteiger partial charge in [0.25, 0.3) is 0 Å². The molecule has 3 heterocycles. The molecule has 6 nitrogen and oxygen atoms in total. The van der Waals surface area contributed by atoms with Crippen LogP contribution in [0.1, 0.15) is 60.4 Å². The zero-order valence-electron chi connectivity index (χ0n) is 17.5. The Morgan fingerprint density at radius 1 is 0.968 bits per heavy atom. The SMILES string of the molecule is CN1Cc2cc(Cl)ccc2-n2c(nnc2C2CCC(c3noc4ccccc34)CC2)C1. The molecule has 0 radical (unpaired) electrons. The molecule has 4 aromatic rings. The molecule has 6 rings (SSSR count). The molecular formula is C24H24ClN5O. The molecule has 0 N–H and O–H groups in total. The van der Waals surface area contributed by atoms with Crippen molar-refractivity contribution in [2.24, 2.45) is 0 Å². The molecule has 7 heteroatoms. The van der Waals surface area contributed by atoms with Crippen molar-refractivity contribution in [3.05, 3.63) is 70.4 Å². The van der Waals surface area contributed by atoms with Crippen LogP contribution >= 0.6 is 11.6 Å². The van der Waals surface area contributed by atoms with Crippen molar-refractivity contribution >= 4 is 22.6 Å². The van der Waals surface area contributed by atoms with Crippen molar-refractivity contribution in [1.29, 1.82) is 0 Å². The monoisotopic (exact) mass is 433 g/mol. The van der Waals surface area contributed by atoms with Crippen LogP contribution in [0.25, 0.3) is 16.7 Å². The Kier molecular flexibility index (Phi) is 4.58. The normalized spacial score (nSPS) is 21.6. The summed E-state index contributed by atoms with van der Waals surface area (Å²) in [7, 11) is 2.11. The van der Waals surface area contributed by atoms with Crippen molar-refractivity contribution in [3.8, 4) is 5.69 Å². The molecule has 1 aliphatic carbocycles. The Hall–Kier alpha value is -2.70. The fraction of sp³-hybridized carbons (Fsp3) is 0.375. The Morgan fingerprint density at radius 2 is 1.77 bits per heavy atom. The first-order chi connectivity index (χ1) is 15.2. The van der Waals surface area contributed by atoms with E-state index in [4.69, 9.17) is 16.1 Å². The minimum absolute atomic E-state index is 0.391. The maximum Gasteiger partial charge on any atom is 0.167 e. The summed E-state index contributed by atoms with van der Waals surface area (Å²) >= 11 is 6.30. The van der Waals surface area contributed by atoms with Gasteiger partial charge in [0.05, 0.1) is 17.9 Å². The van der Waals surface area contributed by atoms with E-state index in [1.54, 1.807) is 0 Å². The summed E-state index contributed by atoms with van der Waals surface area (Å²) in [6, 6.07) is 14.3. The Balaban J connectivity index is 1.30. The molecule has 0 saturated heterocycles. The average Bonchev–Trinajstić information content (AvgIpc) is 3.35. The summed E-state index contributed by atoms with van der Waals surface area (Å²) in [6.07, 6.45) is 4.30. The Labute approximate surface area is 185 Å². The van der Waals surface area contributed by atoms with Gasteiger partial charge < -0.3 is 4.52 Å². The van der Waals surface area contributed by atoms with Gasteiger partial charge >= 0.3 is 0 Å². The summed E-state index contributed by atoms with van der Waals surface area (Å²) in [5.41, 5.74) is 4.36. The third-order valence-electron chi connectivity index (χ3n) is 6.77. The number of rotatable bonds is 2. The first-order valence-electron chi connectivity index (χ1n) is 10.9. The van der Waals surface area contributed by atoms with Gasteiger partial charge in [-0.05, 0) is 68.6 Å². The van der Waals surface area contributed by atoms with Gasteiger partial charge in [-0.1, -0.05) is 28.9 Å². The highest BCUT2D eigenvalue weighted by Crippen LogP contribution is 2.42. The van der Waals surface area contributed by atoms with Crippen LogP contribution in [-0.4, -0.2) is 31.9 Å². The fourth-order valence-corrected chi connectivity index (χ4v) is 5.47. The molecule has 0 atom stereocenters. The molecule has 1 fully saturated rings. The van der Waals surface area contributed by atoms with E-state index in [9.17, 15) is 0 Å². The minimum atomic E-state index is 0.391. The van der Waals surface area contributed by atoms with E-state index in [0.717, 1.165) is 77.8 Å². The molecule has 158 valence electrons. The van der Waals surface area contributed by atoms with E-state index in [1.165, 1.54) is 5.56 Å². The van der Waals surface area contributed by atoms with E-state index >= 15 is 0 Å². The summed E-state index contributed by atoms with van der Waals surface area (Å²) < 4.78 is 7.84. The van der Waals surface area contributed by atoms with Gasteiger partial charge in [-0.2, -0.15) is 0 Å². The third kappa shape index (κ3) is 3.25. The van der Waals surface area contributed by atoms with Crippen LogP contribution in [0.4, 0.5) is 0 Å². The maximum atomic E-state index is 6.30. The van der Waals surface area contributed by atoms with Crippen LogP contribution < -0.4 is 0 Å². The first-order valence-corrected chi connectivity index (χ1v) is 11.3. The van der Waals surface area contributed by atoms with Crippen molar-refractivity contribution in [2.75, 3.05) is 7.05 Å². The largest absolute Gasteiger partial charge is 0.356 e. The van der Waals surface area contributed by atoms with Gasteiger partial charge in [-0.15, -0.1) is 10.2 Å². The van der Waals surface area contributed by atoms with Gasteiger partial charge in [-0.3, -0.25) is 9.47 Å². The zero-order valence-corrected chi connectivity index (χ0v) is 18.2. The van der Waals surface area contributed by atoms with Gasteiger partial charge in [0.2, 0.25) is 0 Å². The predicted octanol–water partition coefficient (Wildman–Crippen LogP) is 5.45. The lowest BCUT2D eigenvalue weighted by molar-refractivity contribution is 0.315. The molecule has 0 unspecified atom stereocenters. The van der Waals surface area contributed by atoms with Crippen molar-refractivity contribution < 1.29 is 4.52 Å². The summed E-state index contributed by atoms with van der Waals surface area (Å²) in [5.74, 6) is 2.91. The van der Waals surface area contributed by atoms with Crippen LogP contribution in [0, 0.1) is 0 Å². The number of fused-ring (bicyclic) bond motifs is 4. The number of nitrogens with zero attached hydrogens (tertiary/aromatic N) is 5. The van der Waals surface area contributed by atoms with Crippen molar-refractivity contribution in [3.63, 3.8) is 0 Å². The van der Waals surface area contributed by atoms with Crippen LogP contribution in [0.2, 0.25) is 5.02 Å². The molecule has 2 aromatic carbocycles. The lowest BCUT2D eigenvalue weighted by atomic mass is 9.79. The zero-order chi connectivity index (χ0) is 20.9. The number of hydrogen-bond acceptors (Lipinski definition) is 5. The quantitative estimate of drug-likeness (QED) is 0.420. The van der Waals surface area contributed by atoms with Crippen LogP contribution in [0.3, 0.4) is 0 Å². The van der Waals surface area contributed by atoms with Gasteiger partial charge in [0.1, 0.15) is 5.82 Å². The molecule has 1 aliphatic heterocycles. The second kappa shape index (κ2) is 7.46. The van der Waals surface area contributed by atoms with E-state index in [1.807, 2.05) is 18.2 Å². The smallest absolute Gasteiger partial charge is 0.167 e. The second-order valence-electron chi connectivity index (χ2n) is 8.87. The predicted molar refractivity (Wildman–Crippen MR) is 119 cm³/mol. The molecule has 0 amide bonds. The molecule has 0 bridgehead atoms. The topological polar surface area (TPSA) is 60.0 Å². The van der Waals surface area contributed by atoms with Crippen molar-refractivity contribution in [2.45, 2.75) is 50.6 Å². The minimum Gasteiger partial charge on any atom is -0.356 e. The average molecular weight is 434 g/mol. The van der Waals surface area contributed by atoms with Gasteiger partial charge in [0.15, 0.2) is 11.4 Å². The second-order valence-corrected chi connectivity index (χ2v) is 9.30. The lowest BCUT2D eigenvalue weighted by Crippen LogP contribution is -2.17. The summed E-state index contributed by atoms with van der Waals surface area (Å²) in [4.78, 5) is 2.26. The number of halogens is 1. The molecule has 0 spiro atoms. The highest BCUT2D eigenvalue weighted by Gasteiger charge is 2.32.